The van der Waals surface area contributed by atoms with Gasteiger partial charge in [0.15, 0.2) is 17.4 Å². The van der Waals surface area contributed by atoms with Crippen molar-refractivity contribution < 1.29 is 22.0 Å². The van der Waals surface area contributed by atoms with Gasteiger partial charge >= 0.3 is 0 Å². The number of halogens is 3. The average Bonchev–Trinajstić information content (AvgIpc) is 3.03. The summed E-state index contributed by atoms with van der Waals surface area (Å²) in [6, 6.07) is 0.609. The van der Waals surface area contributed by atoms with Crippen molar-refractivity contribution >= 4 is 45.6 Å². The number of hydrogen-bond acceptors (Lipinski definition) is 6. The van der Waals surface area contributed by atoms with E-state index in [-0.39, 0.29) is 11.3 Å². The Morgan fingerprint density at radius 1 is 1.41 bits per heavy atom. The first-order chi connectivity index (χ1) is 12.7. The number of benzene rings is 1. The minimum atomic E-state index is -3.82. The van der Waals surface area contributed by atoms with E-state index in [1.807, 2.05) is 0 Å². The number of fused-ring (bicyclic) bond motifs is 1. The summed E-state index contributed by atoms with van der Waals surface area (Å²) >= 11 is 6.08. The third kappa shape index (κ3) is 3.72. The van der Waals surface area contributed by atoms with E-state index in [0.29, 0.717) is 12.5 Å². The van der Waals surface area contributed by atoms with Gasteiger partial charge in [-0.2, -0.15) is 0 Å². The summed E-state index contributed by atoms with van der Waals surface area (Å²) in [6.07, 6.45) is 3.94. The molecule has 2 unspecified atom stereocenters. The van der Waals surface area contributed by atoms with Gasteiger partial charge in [0.1, 0.15) is 12.5 Å². The fraction of sp³-hybridized carbons (Fsp3) is 0.312. The third-order valence-electron chi connectivity index (χ3n) is 4.03. The molecular formula is C16H15ClF2N4O3S. The molecule has 11 heteroatoms. The lowest BCUT2D eigenvalue weighted by Gasteiger charge is -2.18. The normalized spacial score (nSPS) is 20.8. The number of anilines is 1. The lowest BCUT2D eigenvalue weighted by Crippen LogP contribution is -2.30. The fourth-order valence-electron chi connectivity index (χ4n) is 2.81. The molecule has 0 saturated carbocycles. The van der Waals surface area contributed by atoms with Crippen molar-refractivity contribution in [2.24, 2.45) is 15.9 Å². The second kappa shape index (κ2) is 7.35. The Hall–Kier alpha value is -2.33. The van der Waals surface area contributed by atoms with E-state index in [9.17, 15) is 22.0 Å². The zero-order chi connectivity index (χ0) is 19.8. The minimum absolute atomic E-state index is 0.0920. The lowest BCUT2D eigenvalue weighted by molar-refractivity contribution is 0.102. The highest BCUT2D eigenvalue weighted by Crippen LogP contribution is 2.35. The Balaban J connectivity index is 2.01. The number of rotatable bonds is 6. The Kier molecular flexibility index (Phi) is 5.29. The third-order valence-corrected chi connectivity index (χ3v) is 5.90. The number of aliphatic imine (C=N–C) groups is 2. The van der Waals surface area contributed by atoms with Crippen LogP contribution in [0.4, 0.5) is 14.5 Å². The standard InChI is InChI=1S/C16H15ClF2N4O3S/c1-2-3-27(25,26)23-11-4-10(18)14(19)12(13(11)17)15(24)8-6-21-16-9(8)5-20-7-22-16/h4-7,9,16,21,23H,2-3H2,1H3. The molecule has 2 heterocycles. The van der Waals surface area contributed by atoms with Crippen LogP contribution in [0.15, 0.2) is 27.8 Å². The quantitative estimate of drug-likeness (QED) is 0.549. The monoisotopic (exact) mass is 416 g/mol. The first-order valence-electron chi connectivity index (χ1n) is 7.99. The van der Waals surface area contributed by atoms with Crippen LogP contribution < -0.4 is 10.0 Å². The number of nitrogens with zero attached hydrogens (tertiary/aromatic N) is 2. The molecule has 2 aliphatic heterocycles. The zero-order valence-electron chi connectivity index (χ0n) is 14.0. The number of carbonyl (C=O) groups excluding carboxylic acids is 1. The molecule has 0 amide bonds. The van der Waals surface area contributed by atoms with E-state index < -0.39 is 55.8 Å². The Labute approximate surface area is 159 Å². The molecule has 2 atom stereocenters. The number of Topliss-reactive ketones (excluding diaryl/α,β-unsaturated/α-hetero) is 1. The van der Waals surface area contributed by atoms with Gasteiger partial charge in [-0.25, -0.2) is 27.2 Å². The molecule has 0 aromatic heterocycles. The van der Waals surface area contributed by atoms with Crippen LogP contribution >= 0.6 is 11.6 Å². The highest BCUT2D eigenvalue weighted by Gasteiger charge is 2.36. The summed E-state index contributed by atoms with van der Waals surface area (Å²) in [5, 5.41) is 2.32. The number of hydrogen-bond donors (Lipinski definition) is 2. The molecule has 0 radical (unpaired) electrons. The molecule has 144 valence electrons. The average molecular weight is 417 g/mol. The first-order valence-corrected chi connectivity index (χ1v) is 10.0. The van der Waals surface area contributed by atoms with Crippen LogP contribution in [-0.2, 0) is 10.0 Å². The molecule has 0 spiro atoms. The largest absolute Gasteiger partial charge is 0.369 e. The smallest absolute Gasteiger partial charge is 0.232 e. The van der Waals surface area contributed by atoms with E-state index in [1.165, 1.54) is 18.8 Å². The van der Waals surface area contributed by atoms with Gasteiger partial charge in [-0.1, -0.05) is 18.5 Å². The van der Waals surface area contributed by atoms with Crippen molar-refractivity contribution in [3.8, 4) is 0 Å². The van der Waals surface area contributed by atoms with Crippen molar-refractivity contribution in [1.29, 1.82) is 0 Å². The molecule has 3 rings (SSSR count). The second-order valence-electron chi connectivity index (χ2n) is 5.96. The summed E-state index contributed by atoms with van der Waals surface area (Å²) in [6.45, 7) is 1.64. The Morgan fingerprint density at radius 2 is 2.15 bits per heavy atom. The highest BCUT2D eigenvalue weighted by atomic mass is 35.5. The highest BCUT2D eigenvalue weighted by molar-refractivity contribution is 7.92. The molecule has 27 heavy (non-hydrogen) atoms. The van der Waals surface area contributed by atoms with Gasteiger partial charge in [-0.15, -0.1) is 0 Å². The van der Waals surface area contributed by atoms with Gasteiger partial charge in [0.05, 0.1) is 27.9 Å². The van der Waals surface area contributed by atoms with Gasteiger partial charge in [-0.3, -0.25) is 9.52 Å². The van der Waals surface area contributed by atoms with Crippen LogP contribution in [0.3, 0.4) is 0 Å². The summed E-state index contributed by atoms with van der Waals surface area (Å²) in [5.41, 5.74) is -1.05. The molecule has 7 nitrogen and oxygen atoms in total. The first kappa shape index (κ1) is 19.4. The molecule has 0 aliphatic carbocycles. The topological polar surface area (TPSA) is 100.0 Å². The molecule has 2 N–H and O–H groups in total. The lowest BCUT2D eigenvalue weighted by atomic mass is 9.92. The summed E-state index contributed by atoms with van der Waals surface area (Å²) in [4.78, 5) is 20.7. The van der Waals surface area contributed by atoms with Gasteiger partial charge in [0.2, 0.25) is 10.0 Å². The molecule has 2 aliphatic rings. The Bertz CT molecular complexity index is 992. The number of carbonyl (C=O) groups is 1. The fourth-order valence-corrected chi connectivity index (χ4v) is 4.27. The molecule has 0 fully saturated rings. The molecule has 0 saturated heterocycles. The van der Waals surface area contributed by atoms with Crippen molar-refractivity contribution in [2.45, 2.75) is 19.5 Å². The van der Waals surface area contributed by atoms with Crippen LogP contribution in [0.25, 0.3) is 0 Å². The zero-order valence-corrected chi connectivity index (χ0v) is 15.6. The molecule has 1 aromatic rings. The minimum Gasteiger partial charge on any atom is -0.369 e. The van der Waals surface area contributed by atoms with Crippen molar-refractivity contribution in [2.75, 3.05) is 10.5 Å². The van der Waals surface area contributed by atoms with Crippen molar-refractivity contribution in [3.05, 3.63) is 40.1 Å². The second-order valence-corrected chi connectivity index (χ2v) is 8.18. The van der Waals surface area contributed by atoms with Crippen LogP contribution in [0.1, 0.15) is 23.7 Å². The van der Waals surface area contributed by atoms with Crippen molar-refractivity contribution in [1.82, 2.24) is 5.32 Å². The van der Waals surface area contributed by atoms with Gasteiger partial charge in [0.25, 0.3) is 0 Å². The number of nitrogens with one attached hydrogen (secondary N) is 2. The predicted octanol–water partition coefficient (Wildman–Crippen LogP) is 2.49. The SMILES string of the molecule is CCCS(=O)(=O)Nc1cc(F)c(F)c(C(=O)C2=CNC3N=CN=CC23)c1Cl. The molecule has 1 aromatic carbocycles. The summed E-state index contributed by atoms with van der Waals surface area (Å²) < 4.78 is 54.4. The van der Waals surface area contributed by atoms with Crippen LogP contribution in [0.5, 0.6) is 0 Å². The van der Waals surface area contributed by atoms with Gasteiger partial charge in [0, 0.05) is 24.1 Å². The van der Waals surface area contributed by atoms with Gasteiger partial charge in [-0.05, 0) is 6.42 Å². The van der Waals surface area contributed by atoms with E-state index in [1.54, 1.807) is 6.92 Å². The number of ketones is 1. The molecule has 0 bridgehead atoms. The van der Waals surface area contributed by atoms with Crippen LogP contribution in [-0.4, -0.2) is 38.7 Å². The van der Waals surface area contributed by atoms with Crippen LogP contribution in [0, 0.1) is 17.6 Å². The summed E-state index contributed by atoms with van der Waals surface area (Å²) in [7, 11) is -3.82. The maximum Gasteiger partial charge on any atom is 0.232 e. The predicted molar refractivity (Wildman–Crippen MR) is 98.9 cm³/mol. The number of sulfonamides is 1. The maximum atomic E-state index is 14.4. The maximum absolute atomic E-state index is 14.4. The van der Waals surface area contributed by atoms with Crippen LogP contribution in [0.2, 0.25) is 5.02 Å². The summed E-state index contributed by atoms with van der Waals surface area (Å²) in [5.74, 6) is -4.53. The van der Waals surface area contributed by atoms with Crippen molar-refractivity contribution in [3.63, 3.8) is 0 Å². The molecular weight excluding hydrogens is 402 g/mol. The van der Waals surface area contributed by atoms with E-state index in [0.717, 1.165) is 0 Å². The van der Waals surface area contributed by atoms with Gasteiger partial charge < -0.3 is 5.32 Å². The Morgan fingerprint density at radius 3 is 2.85 bits per heavy atom. The van der Waals surface area contributed by atoms with E-state index >= 15 is 0 Å². The van der Waals surface area contributed by atoms with E-state index in [2.05, 4.69) is 20.0 Å². The van der Waals surface area contributed by atoms with E-state index in [4.69, 9.17) is 11.6 Å².